The van der Waals surface area contributed by atoms with Crippen LogP contribution in [0.5, 0.6) is 0 Å². The maximum absolute atomic E-state index is 12.0. The van der Waals surface area contributed by atoms with Crippen LogP contribution in [0, 0.1) is 5.41 Å². The molecule has 1 atom stereocenters. The lowest BCUT2D eigenvalue weighted by Crippen LogP contribution is -2.34. The third-order valence-corrected chi connectivity index (χ3v) is 3.57. The maximum atomic E-state index is 12.0. The molecule has 2 aliphatic heterocycles. The standard InChI is InChI=1S/C13H15N3O/c1-10-8-13(12(17)15-10)5-7-16(9-13)11-4-2-3-6-14-11/h2-4,6H,1,5,7-9H2,(H,15,17)/i4T. The first kappa shape index (κ1) is 9.22. The molecule has 0 bridgehead atoms. The molecule has 17 heavy (non-hydrogen) atoms. The van der Waals surface area contributed by atoms with E-state index in [1.807, 2.05) is 4.90 Å². The van der Waals surface area contributed by atoms with Gasteiger partial charge in [0.05, 0.1) is 6.79 Å². The van der Waals surface area contributed by atoms with Crippen molar-refractivity contribution in [1.29, 1.82) is 0 Å². The Kier molecular flexibility index (Phi) is 1.94. The van der Waals surface area contributed by atoms with Crippen LogP contribution in [0.4, 0.5) is 5.82 Å². The number of rotatable bonds is 1. The third kappa shape index (κ3) is 1.60. The van der Waals surface area contributed by atoms with E-state index in [4.69, 9.17) is 1.37 Å². The van der Waals surface area contributed by atoms with Crippen LogP contribution >= 0.6 is 0 Å². The van der Waals surface area contributed by atoms with Gasteiger partial charge >= 0.3 is 0 Å². The number of hydrogen-bond acceptors (Lipinski definition) is 3. The number of aromatic nitrogens is 1. The summed E-state index contributed by atoms with van der Waals surface area (Å²) in [5, 5.41) is 2.81. The van der Waals surface area contributed by atoms with Gasteiger partial charge in [-0.05, 0) is 18.5 Å². The Morgan fingerprint density at radius 3 is 3.18 bits per heavy atom. The lowest BCUT2D eigenvalue weighted by atomic mass is 9.85. The molecule has 0 aliphatic carbocycles. The number of anilines is 1. The molecule has 3 rings (SSSR count). The first-order valence-electron chi connectivity index (χ1n) is 6.27. The Bertz CT molecular complexity index is 531. The van der Waals surface area contributed by atoms with Crippen molar-refractivity contribution < 1.29 is 6.17 Å². The topological polar surface area (TPSA) is 45.2 Å². The molecule has 3 heterocycles. The zero-order chi connectivity index (χ0) is 12.8. The van der Waals surface area contributed by atoms with Gasteiger partial charge in [-0.15, -0.1) is 0 Å². The smallest absolute Gasteiger partial charge is 0.232 e. The summed E-state index contributed by atoms with van der Waals surface area (Å²) in [6.45, 7) is 5.23. The molecule has 1 aromatic heterocycles. The van der Waals surface area contributed by atoms with Crippen molar-refractivity contribution in [2.45, 2.75) is 12.8 Å². The highest BCUT2D eigenvalue weighted by Gasteiger charge is 2.49. The van der Waals surface area contributed by atoms with Crippen molar-refractivity contribution in [2.75, 3.05) is 18.0 Å². The summed E-state index contributed by atoms with van der Waals surface area (Å²) < 4.78 is 7.86. The number of carbonyl (C=O) groups is 1. The van der Waals surface area contributed by atoms with Crippen LogP contribution < -0.4 is 10.2 Å². The Morgan fingerprint density at radius 1 is 1.59 bits per heavy atom. The second kappa shape index (κ2) is 3.58. The number of hydrogen-bond donors (Lipinski definition) is 1. The molecule has 1 unspecified atom stereocenters. The number of allylic oxidation sites excluding steroid dienone is 1. The second-order valence-corrected chi connectivity index (χ2v) is 4.79. The SMILES string of the molecule is [3H]c1cccnc1N1CCC2(CC(=C)NC2=O)C1. The summed E-state index contributed by atoms with van der Waals surface area (Å²) in [5.74, 6) is 0.733. The van der Waals surface area contributed by atoms with Crippen LogP contribution in [0.15, 0.2) is 36.6 Å². The third-order valence-electron chi connectivity index (χ3n) is 3.57. The van der Waals surface area contributed by atoms with Gasteiger partial charge in [0, 0.05) is 31.4 Å². The minimum atomic E-state index is -0.360. The van der Waals surface area contributed by atoms with E-state index < -0.39 is 0 Å². The molecule has 1 N–H and O–H groups in total. The molecule has 4 nitrogen and oxygen atoms in total. The molecule has 0 radical (unpaired) electrons. The summed E-state index contributed by atoms with van der Waals surface area (Å²) in [6, 6.07) is 3.88. The fraction of sp³-hybridized carbons (Fsp3) is 0.385. The molecular formula is C13H15N3O. The number of carbonyl (C=O) groups excluding carboxylic acids is 1. The molecular weight excluding hydrogens is 214 g/mol. The fourth-order valence-electron chi connectivity index (χ4n) is 2.70. The predicted molar refractivity (Wildman–Crippen MR) is 65.4 cm³/mol. The Labute approximate surface area is 102 Å². The van der Waals surface area contributed by atoms with Gasteiger partial charge in [-0.25, -0.2) is 4.98 Å². The number of nitrogens with zero attached hydrogens (tertiary/aromatic N) is 2. The summed E-state index contributed by atoms with van der Waals surface area (Å²) in [4.78, 5) is 18.3. The molecule has 0 saturated carbocycles. The molecule has 4 heteroatoms. The van der Waals surface area contributed by atoms with Crippen molar-refractivity contribution in [3.63, 3.8) is 0 Å². The van der Waals surface area contributed by atoms with Gasteiger partial charge in [0.1, 0.15) is 5.82 Å². The number of amides is 1. The molecule has 0 aromatic carbocycles. The fourth-order valence-corrected chi connectivity index (χ4v) is 2.70. The first-order chi connectivity index (χ1) is 8.61. The van der Waals surface area contributed by atoms with Gasteiger partial charge in [0.25, 0.3) is 0 Å². The van der Waals surface area contributed by atoms with Crippen molar-refractivity contribution >= 4 is 11.7 Å². The van der Waals surface area contributed by atoms with Gasteiger partial charge in [-0.1, -0.05) is 12.6 Å². The zero-order valence-electron chi connectivity index (χ0n) is 10.6. The van der Waals surface area contributed by atoms with Gasteiger partial charge in [0.15, 0.2) is 0 Å². The largest absolute Gasteiger partial charge is 0.355 e. The Hall–Kier alpha value is -1.84. The molecule has 2 aliphatic rings. The number of nitrogens with one attached hydrogen (secondary N) is 1. The molecule has 1 aromatic rings. The van der Waals surface area contributed by atoms with E-state index in [2.05, 4.69) is 16.9 Å². The molecule has 2 saturated heterocycles. The van der Waals surface area contributed by atoms with Crippen molar-refractivity contribution in [3.8, 4) is 0 Å². The van der Waals surface area contributed by atoms with E-state index in [1.54, 1.807) is 18.3 Å². The van der Waals surface area contributed by atoms with Crippen LogP contribution in [0.2, 0.25) is 0 Å². The van der Waals surface area contributed by atoms with E-state index in [9.17, 15) is 4.79 Å². The van der Waals surface area contributed by atoms with Gasteiger partial charge < -0.3 is 10.2 Å². The maximum Gasteiger partial charge on any atom is 0.232 e. The predicted octanol–water partition coefficient (Wildman–Crippen LogP) is 1.31. The minimum absolute atomic E-state index is 0.0671. The highest BCUT2D eigenvalue weighted by molar-refractivity contribution is 5.88. The van der Waals surface area contributed by atoms with E-state index in [1.165, 1.54) is 0 Å². The highest BCUT2D eigenvalue weighted by atomic mass is 16.2. The molecule has 88 valence electrons. The minimum Gasteiger partial charge on any atom is -0.355 e. The first-order valence-corrected chi connectivity index (χ1v) is 5.77. The summed E-state index contributed by atoms with van der Waals surface area (Å²) in [7, 11) is 0. The van der Waals surface area contributed by atoms with Crippen molar-refractivity contribution in [3.05, 3.63) is 36.6 Å². The van der Waals surface area contributed by atoms with Crippen LogP contribution in [-0.4, -0.2) is 24.0 Å². The average molecular weight is 231 g/mol. The van der Waals surface area contributed by atoms with Gasteiger partial charge in [-0.3, -0.25) is 4.79 Å². The van der Waals surface area contributed by atoms with Crippen LogP contribution in [0.1, 0.15) is 14.2 Å². The Balaban J connectivity index is 1.86. The van der Waals surface area contributed by atoms with E-state index in [-0.39, 0.29) is 11.3 Å². The van der Waals surface area contributed by atoms with Crippen LogP contribution in [0.25, 0.3) is 0 Å². The molecule has 2 fully saturated rings. The quantitative estimate of drug-likeness (QED) is 0.792. The summed E-state index contributed by atoms with van der Waals surface area (Å²) >= 11 is 0. The molecule has 1 amide bonds. The lowest BCUT2D eigenvalue weighted by molar-refractivity contribution is -0.126. The second-order valence-electron chi connectivity index (χ2n) is 4.79. The zero-order valence-corrected chi connectivity index (χ0v) is 9.57. The average Bonchev–Trinajstić information content (AvgIpc) is 2.85. The highest BCUT2D eigenvalue weighted by Crippen LogP contribution is 2.41. The van der Waals surface area contributed by atoms with Gasteiger partial charge in [-0.2, -0.15) is 0 Å². The van der Waals surface area contributed by atoms with E-state index >= 15 is 0 Å². The van der Waals surface area contributed by atoms with Crippen LogP contribution in [0.3, 0.4) is 0 Å². The Morgan fingerprint density at radius 2 is 2.47 bits per heavy atom. The lowest BCUT2D eigenvalue weighted by Gasteiger charge is -2.21. The van der Waals surface area contributed by atoms with Gasteiger partial charge in [0.2, 0.25) is 5.91 Å². The van der Waals surface area contributed by atoms with E-state index in [0.29, 0.717) is 24.8 Å². The summed E-state index contributed by atoms with van der Waals surface area (Å²) in [6.07, 6.45) is 3.18. The van der Waals surface area contributed by atoms with Crippen LogP contribution in [-0.2, 0) is 4.79 Å². The molecule has 1 spiro atoms. The summed E-state index contributed by atoms with van der Waals surface area (Å²) in [5.41, 5.74) is 0.440. The van der Waals surface area contributed by atoms with Crippen molar-refractivity contribution in [2.24, 2.45) is 5.41 Å². The number of pyridine rings is 1. The monoisotopic (exact) mass is 231 g/mol. The normalized spacial score (nSPS) is 28.7. The van der Waals surface area contributed by atoms with Crippen molar-refractivity contribution in [1.82, 2.24) is 10.3 Å². The van der Waals surface area contributed by atoms with E-state index in [0.717, 1.165) is 18.7 Å².